The quantitative estimate of drug-likeness (QED) is 0.213. The summed E-state index contributed by atoms with van der Waals surface area (Å²) in [6, 6.07) is 18.3. The van der Waals surface area contributed by atoms with Gasteiger partial charge in [0.15, 0.2) is 0 Å². The van der Waals surface area contributed by atoms with E-state index in [-0.39, 0.29) is 22.8 Å². The van der Waals surface area contributed by atoms with Gasteiger partial charge in [-0.15, -0.1) is 22.7 Å². The summed E-state index contributed by atoms with van der Waals surface area (Å²) in [5, 5.41) is 11.4. The van der Waals surface area contributed by atoms with Crippen LogP contribution >= 0.6 is 22.7 Å². The highest BCUT2D eigenvalue weighted by molar-refractivity contribution is 7.21. The van der Waals surface area contributed by atoms with Gasteiger partial charge in [0.2, 0.25) is 5.91 Å². The van der Waals surface area contributed by atoms with Gasteiger partial charge in [-0.1, -0.05) is 36.4 Å². The van der Waals surface area contributed by atoms with E-state index in [0.717, 1.165) is 42.7 Å². The Kier molecular flexibility index (Phi) is 7.23. The van der Waals surface area contributed by atoms with Gasteiger partial charge in [-0.3, -0.25) is 4.79 Å². The fourth-order valence-corrected chi connectivity index (χ4v) is 7.80. The maximum absolute atomic E-state index is 16.1. The second-order valence-electron chi connectivity index (χ2n) is 10.7. The van der Waals surface area contributed by atoms with Crippen LogP contribution in [0.2, 0.25) is 0 Å². The molecule has 4 aromatic heterocycles. The standard InChI is InChI=1S/C33H27FN4O4S2/c1-18-31(43-19(2)35-18)24-9-8-21-14-22(15-23(34)29(21)36-24)30-28(20-6-4-3-5-7-20)32-25(16-26(44-32)33(40)41)38(30)17-27(39)37-10-12-42-13-11-37/h3-9,14-16H,10-13,17H2,1-2H3,(H,40,41). The first kappa shape index (κ1) is 28.3. The number of fused-ring (bicyclic) bond motifs is 2. The van der Waals surface area contributed by atoms with Crippen molar-refractivity contribution < 1.29 is 23.8 Å². The number of morpholine rings is 1. The molecule has 7 rings (SSSR count). The molecular formula is C33H27FN4O4S2. The van der Waals surface area contributed by atoms with Gasteiger partial charge in [-0.25, -0.2) is 19.2 Å². The van der Waals surface area contributed by atoms with Crippen molar-refractivity contribution in [1.29, 1.82) is 0 Å². The van der Waals surface area contributed by atoms with Crippen LogP contribution in [0.5, 0.6) is 0 Å². The van der Waals surface area contributed by atoms with Crippen molar-refractivity contribution >= 4 is 55.7 Å². The number of carboxylic acid groups (broad SMARTS) is 1. The van der Waals surface area contributed by atoms with E-state index in [9.17, 15) is 14.7 Å². The average Bonchev–Trinajstić information content (AvgIpc) is 3.70. The number of carbonyl (C=O) groups is 2. The molecule has 1 N–H and O–H groups in total. The van der Waals surface area contributed by atoms with Crippen molar-refractivity contribution in [2.24, 2.45) is 0 Å². The molecule has 5 heterocycles. The molecule has 44 heavy (non-hydrogen) atoms. The summed E-state index contributed by atoms with van der Waals surface area (Å²) in [6.45, 7) is 5.70. The Balaban J connectivity index is 1.45. The van der Waals surface area contributed by atoms with E-state index in [1.807, 2.05) is 66.9 Å². The van der Waals surface area contributed by atoms with Crippen molar-refractivity contribution in [2.75, 3.05) is 26.3 Å². The summed E-state index contributed by atoms with van der Waals surface area (Å²) in [4.78, 5) is 37.7. The van der Waals surface area contributed by atoms with Gasteiger partial charge >= 0.3 is 5.97 Å². The number of benzene rings is 2. The van der Waals surface area contributed by atoms with Gasteiger partial charge in [-0.2, -0.15) is 0 Å². The van der Waals surface area contributed by atoms with E-state index in [0.29, 0.717) is 54.2 Å². The van der Waals surface area contributed by atoms with Gasteiger partial charge in [0.05, 0.1) is 50.4 Å². The lowest BCUT2D eigenvalue weighted by atomic mass is 9.99. The first-order chi connectivity index (χ1) is 21.3. The van der Waals surface area contributed by atoms with E-state index in [1.54, 1.807) is 11.0 Å². The Morgan fingerprint density at radius 1 is 0.977 bits per heavy atom. The van der Waals surface area contributed by atoms with Crippen molar-refractivity contribution in [3.05, 3.63) is 82.1 Å². The molecule has 6 aromatic rings. The molecule has 0 unspecified atom stereocenters. The van der Waals surface area contributed by atoms with Gasteiger partial charge in [0, 0.05) is 29.6 Å². The molecule has 0 saturated carbocycles. The first-order valence-corrected chi connectivity index (χ1v) is 15.8. The minimum Gasteiger partial charge on any atom is -0.477 e. The molecule has 2 aromatic carbocycles. The Bertz CT molecular complexity index is 2080. The van der Waals surface area contributed by atoms with E-state index < -0.39 is 11.8 Å². The number of halogens is 1. The molecular weight excluding hydrogens is 600 g/mol. The SMILES string of the molecule is Cc1nc(C)c(-c2ccc3cc(-c4c(-c5ccccc5)c5sc(C(=O)O)cc5n4CC(=O)N4CCOCC4)cc(F)c3n2)s1. The Morgan fingerprint density at radius 3 is 2.45 bits per heavy atom. The topological polar surface area (TPSA) is 97.5 Å². The highest BCUT2D eigenvalue weighted by Crippen LogP contribution is 2.45. The third kappa shape index (κ3) is 4.96. The minimum atomic E-state index is -1.04. The molecule has 222 valence electrons. The maximum Gasteiger partial charge on any atom is 0.345 e. The summed E-state index contributed by atoms with van der Waals surface area (Å²) >= 11 is 2.68. The number of aromatic nitrogens is 3. The number of hydrogen-bond donors (Lipinski definition) is 1. The summed E-state index contributed by atoms with van der Waals surface area (Å²) < 4.78 is 24.1. The Hall–Kier alpha value is -4.45. The number of aromatic carboxylic acids is 1. The number of carboxylic acids is 1. The van der Waals surface area contributed by atoms with Crippen LogP contribution in [0.1, 0.15) is 20.4 Å². The van der Waals surface area contributed by atoms with Crippen molar-refractivity contribution in [2.45, 2.75) is 20.4 Å². The molecule has 8 nitrogen and oxygen atoms in total. The number of pyridine rings is 1. The van der Waals surface area contributed by atoms with Gasteiger partial charge in [-0.05, 0) is 43.7 Å². The lowest BCUT2D eigenvalue weighted by Crippen LogP contribution is -2.42. The molecule has 1 aliphatic heterocycles. The molecule has 1 saturated heterocycles. The number of carbonyl (C=O) groups excluding carboxylic acids is 1. The van der Waals surface area contributed by atoms with Crippen LogP contribution in [0.15, 0.2) is 60.7 Å². The first-order valence-electron chi connectivity index (χ1n) is 14.1. The minimum absolute atomic E-state index is 0.0324. The van der Waals surface area contributed by atoms with Gasteiger partial charge in [0.1, 0.15) is 22.8 Å². The normalized spacial score (nSPS) is 13.7. The number of rotatable bonds is 6. The van der Waals surface area contributed by atoms with Crippen LogP contribution in [0, 0.1) is 19.7 Å². The van der Waals surface area contributed by atoms with Crippen LogP contribution < -0.4 is 0 Å². The number of hydrogen-bond acceptors (Lipinski definition) is 7. The van der Waals surface area contributed by atoms with Crippen LogP contribution in [0.25, 0.3) is 54.1 Å². The fraction of sp³-hybridized carbons (Fsp3) is 0.212. The van der Waals surface area contributed by atoms with Gasteiger partial charge < -0.3 is 19.3 Å². The summed E-state index contributed by atoms with van der Waals surface area (Å²) in [6.07, 6.45) is 0. The third-order valence-electron chi connectivity index (χ3n) is 7.82. The monoisotopic (exact) mass is 626 g/mol. The van der Waals surface area contributed by atoms with Crippen LogP contribution in [-0.2, 0) is 16.1 Å². The zero-order valence-electron chi connectivity index (χ0n) is 24.0. The molecule has 0 radical (unpaired) electrons. The molecule has 1 amide bonds. The second kappa shape index (κ2) is 11.2. The zero-order valence-corrected chi connectivity index (χ0v) is 25.6. The van der Waals surface area contributed by atoms with E-state index in [2.05, 4.69) is 9.97 Å². The number of ether oxygens (including phenoxy) is 1. The lowest BCUT2D eigenvalue weighted by Gasteiger charge is -2.27. The molecule has 0 aliphatic carbocycles. The zero-order chi connectivity index (χ0) is 30.5. The Morgan fingerprint density at radius 2 is 1.75 bits per heavy atom. The van der Waals surface area contributed by atoms with Crippen LogP contribution in [-0.4, -0.2) is 62.7 Å². The smallest absolute Gasteiger partial charge is 0.345 e. The predicted molar refractivity (Wildman–Crippen MR) is 171 cm³/mol. The molecule has 0 bridgehead atoms. The molecule has 0 atom stereocenters. The van der Waals surface area contributed by atoms with Crippen molar-refractivity contribution in [3.8, 4) is 33.0 Å². The van der Waals surface area contributed by atoms with E-state index in [1.165, 1.54) is 17.4 Å². The van der Waals surface area contributed by atoms with E-state index in [4.69, 9.17) is 4.74 Å². The molecule has 1 fully saturated rings. The van der Waals surface area contributed by atoms with Crippen molar-refractivity contribution in [3.63, 3.8) is 0 Å². The van der Waals surface area contributed by atoms with E-state index >= 15 is 4.39 Å². The number of nitrogens with zero attached hydrogens (tertiary/aromatic N) is 4. The number of aryl methyl sites for hydroxylation is 2. The predicted octanol–water partition coefficient (Wildman–Crippen LogP) is 7.02. The summed E-state index contributed by atoms with van der Waals surface area (Å²) in [5.41, 5.74) is 5.20. The fourth-order valence-electron chi connectivity index (χ4n) is 5.84. The largest absolute Gasteiger partial charge is 0.477 e. The molecule has 11 heteroatoms. The highest BCUT2D eigenvalue weighted by Gasteiger charge is 2.28. The number of thiophene rings is 1. The number of amides is 1. The summed E-state index contributed by atoms with van der Waals surface area (Å²) in [7, 11) is 0. The maximum atomic E-state index is 16.1. The van der Waals surface area contributed by atoms with Gasteiger partial charge in [0.25, 0.3) is 0 Å². The van der Waals surface area contributed by atoms with Crippen molar-refractivity contribution in [1.82, 2.24) is 19.4 Å². The average molecular weight is 627 g/mol. The molecule has 1 aliphatic rings. The highest BCUT2D eigenvalue weighted by atomic mass is 32.1. The lowest BCUT2D eigenvalue weighted by molar-refractivity contribution is -0.135. The summed E-state index contributed by atoms with van der Waals surface area (Å²) in [5.74, 6) is -1.64. The van der Waals surface area contributed by atoms with Crippen LogP contribution in [0.3, 0.4) is 0 Å². The molecule has 0 spiro atoms. The Labute approximate surface area is 260 Å². The van der Waals surface area contributed by atoms with Crippen LogP contribution in [0.4, 0.5) is 4.39 Å². The second-order valence-corrected chi connectivity index (χ2v) is 12.9. The third-order valence-corrected chi connectivity index (χ3v) is 10.0. The number of thiazole rings is 1.